The van der Waals surface area contributed by atoms with Crippen LogP contribution < -0.4 is 0 Å². The van der Waals surface area contributed by atoms with Gasteiger partial charge in [-0.2, -0.15) is 0 Å². The van der Waals surface area contributed by atoms with Crippen LogP contribution in [0.4, 0.5) is 0 Å². The van der Waals surface area contributed by atoms with Gasteiger partial charge in [-0.3, -0.25) is 0 Å². The van der Waals surface area contributed by atoms with Crippen molar-refractivity contribution in [3.8, 4) is 11.3 Å². The molecule has 0 spiro atoms. The Bertz CT molecular complexity index is 1110. The van der Waals surface area contributed by atoms with Crippen LogP contribution in [0, 0.1) is 0 Å². The van der Waals surface area contributed by atoms with Gasteiger partial charge in [0.2, 0.25) is 0 Å². The van der Waals surface area contributed by atoms with Crippen molar-refractivity contribution in [1.29, 1.82) is 0 Å². The van der Waals surface area contributed by atoms with Gasteiger partial charge in [-0.15, -0.1) is 22.9 Å². The van der Waals surface area contributed by atoms with E-state index in [1.54, 1.807) is 12.1 Å². The first-order valence-electron chi connectivity index (χ1n) is 8.42. The minimum absolute atomic E-state index is 0.556. The fourth-order valence-corrected chi connectivity index (χ4v) is 5.24. The summed E-state index contributed by atoms with van der Waals surface area (Å²) in [5, 5.41) is 1.83. The highest BCUT2D eigenvalue weighted by Crippen LogP contribution is 2.49. The third-order valence-electron chi connectivity index (χ3n) is 4.41. The average Bonchev–Trinajstić information content (AvgIpc) is 3.11. The molecule has 0 fully saturated rings. The summed E-state index contributed by atoms with van der Waals surface area (Å²) in [6, 6.07) is 24.7. The van der Waals surface area contributed by atoms with Gasteiger partial charge in [-0.1, -0.05) is 95.5 Å². The van der Waals surface area contributed by atoms with Crippen LogP contribution in [-0.4, -0.2) is 4.98 Å². The molecule has 1 nitrogen and oxygen atoms in total. The number of halogens is 4. The largest absolute Gasteiger partial charge is 0.237 e. The SMILES string of the molecule is Clc1ccc(C(Cl)(c2nc(-c3ccccc3)c(Cl)s2)c2ccccc2Cl)cc1. The molecule has 0 amide bonds. The van der Waals surface area contributed by atoms with Crippen molar-refractivity contribution in [2.75, 3.05) is 0 Å². The molecule has 1 heterocycles. The van der Waals surface area contributed by atoms with Crippen LogP contribution in [0.2, 0.25) is 14.4 Å². The Balaban J connectivity index is 1.95. The zero-order chi connectivity index (χ0) is 19.7. The first kappa shape index (κ1) is 19.8. The van der Waals surface area contributed by atoms with Crippen LogP contribution in [0.1, 0.15) is 16.1 Å². The second kappa shape index (κ2) is 8.06. The third-order valence-corrected chi connectivity index (χ3v) is 7.08. The highest BCUT2D eigenvalue weighted by Gasteiger charge is 2.39. The lowest BCUT2D eigenvalue weighted by molar-refractivity contribution is 0.866. The molecule has 0 saturated carbocycles. The Hall–Kier alpha value is -1.55. The predicted molar refractivity (Wildman–Crippen MR) is 121 cm³/mol. The van der Waals surface area contributed by atoms with E-state index in [1.807, 2.05) is 66.7 Å². The predicted octanol–water partition coefficient (Wildman–Crippen LogP) is 8.30. The van der Waals surface area contributed by atoms with Gasteiger partial charge in [0, 0.05) is 21.2 Å². The van der Waals surface area contributed by atoms with Gasteiger partial charge >= 0.3 is 0 Å². The van der Waals surface area contributed by atoms with Crippen LogP contribution >= 0.6 is 57.7 Å². The molecular weight excluding hydrogens is 452 g/mol. The standard InChI is InChI=1S/C22H13Cl4NS/c23-16-12-10-15(11-13-16)22(26,17-8-4-5-9-18(17)24)21-27-19(20(25)28-21)14-6-2-1-3-7-14/h1-13H. The van der Waals surface area contributed by atoms with E-state index in [4.69, 9.17) is 51.4 Å². The van der Waals surface area contributed by atoms with Gasteiger partial charge in [0.1, 0.15) is 19.9 Å². The van der Waals surface area contributed by atoms with Crippen molar-refractivity contribution >= 4 is 57.7 Å². The molecule has 1 aromatic heterocycles. The molecule has 0 aliphatic rings. The first-order valence-corrected chi connectivity index (χ1v) is 10.7. The minimum Gasteiger partial charge on any atom is -0.237 e. The Morgan fingerprint density at radius 2 is 1.39 bits per heavy atom. The van der Waals surface area contributed by atoms with Gasteiger partial charge in [-0.05, 0) is 23.8 Å². The quantitative estimate of drug-likeness (QED) is 0.276. The topological polar surface area (TPSA) is 12.9 Å². The maximum Gasteiger partial charge on any atom is 0.147 e. The van der Waals surface area contributed by atoms with Crippen molar-refractivity contribution in [2.24, 2.45) is 0 Å². The maximum absolute atomic E-state index is 7.31. The maximum atomic E-state index is 7.31. The second-order valence-electron chi connectivity index (χ2n) is 6.15. The lowest BCUT2D eigenvalue weighted by Gasteiger charge is -2.27. The van der Waals surface area contributed by atoms with E-state index < -0.39 is 4.87 Å². The highest BCUT2D eigenvalue weighted by molar-refractivity contribution is 7.16. The molecule has 0 radical (unpaired) electrons. The Labute approximate surface area is 187 Å². The number of benzene rings is 3. The summed E-state index contributed by atoms with van der Waals surface area (Å²) in [7, 11) is 0. The number of rotatable bonds is 4. The molecule has 140 valence electrons. The van der Waals surface area contributed by atoms with Crippen molar-refractivity contribution in [3.63, 3.8) is 0 Å². The van der Waals surface area contributed by atoms with Gasteiger partial charge < -0.3 is 0 Å². The summed E-state index contributed by atoms with van der Waals surface area (Å²) in [4.78, 5) is 3.74. The van der Waals surface area contributed by atoms with Crippen LogP contribution in [0.3, 0.4) is 0 Å². The van der Waals surface area contributed by atoms with Crippen LogP contribution in [0.25, 0.3) is 11.3 Å². The summed E-state index contributed by atoms with van der Waals surface area (Å²) in [6.07, 6.45) is 0. The normalized spacial score (nSPS) is 13.3. The number of thiazole rings is 1. The van der Waals surface area contributed by atoms with Crippen molar-refractivity contribution < 1.29 is 0 Å². The number of hydrogen-bond acceptors (Lipinski definition) is 2. The third kappa shape index (κ3) is 3.56. The minimum atomic E-state index is -1.09. The molecular formula is C22H13Cl4NS. The molecule has 0 aliphatic heterocycles. The van der Waals surface area contributed by atoms with Crippen LogP contribution in [-0.2, 0) is 4.87 Å². The van der Waals surface area contributed by atoms with Gasteiger partial charge in [0.05, 0.1) is 0 Å². The van der Waals surface area contributed by atoms with Gasteiger partial charge in [0.25, 0.3) is 0 Å². The Morgan fingerprint density at radius 1 is 0.750 bits per heavy atom. The molecule has 1 unspecified atom stereocenters. The fraction of sp³-hybridized carbons (Fsp3) is 0.0455. The van der Waals surface area contributed by atoms with E-state index in [0.29, 0.717) is 25.1 Å². The van der Waals surface area contributed by atoms with Gasteiger partial charge in [-0.25, -0.2) is 4.98 Å². The molecule has 6 heteroatoms. The summed E-state index contributed by atoms with van der Waals surface area (Å²) in [5.41, 5.74) is 3.19. The second-order valence-corrected chi connectivity index (χ2v) is 9.16. The summed E-state index contributed by atoms with van der Waals surface area (Å²) in [6.45, 7) is 0. The van der Waals surface area contributed by atoms with Crippen LogP contribution in [0.15, 0.2) is 78.9 Å². The Morgan fingerprint density at radius 3 is 2.07 bits per heavy atom. The first-order chi connectivity index (χ1) is 13.5. The zero-order valence-electron chi connectivity index (χ0n) is 14.4. The van der Waals surface area contributed by atoms with E-state index in [9.17, 15) is 0 Å². The molecule has 1 atom stereocenters. The monoisotopic (exact) mass is 463 g/mol. The van der Waals surface area contributed by atoms with E-state index in [-0.39, 0.29) is 0 Å². The number of nitrogens with zero attached hydrogens (tertiary/aromatic N) is 1. The molecule has 0 aliphatic carbocycles. The lowest BCUT2D eigenvalue weighted by Crippen LogP contribution is -2.22. The van der Waals surface area contributed by atoms with E-state index >= 15 is 0 Å². The number of aromatic nitrogens is 1. The molecule has 28 heavy (non-hydrogen) atoms. The summed E-state index contributed by atoms with van der Waals surface area (Å²) >= 11 is 27.9. The molecule has 4 aromatic rings. The van der Waals surface area contributed by atoms with Gasteiger partial charge in [0.15, 0.2) is 0 Å². The van der Waals surface area contributed by atoms with E-state index in [0.717, 1.165) is 16.7 Å². The molecule has 0 N–H and O–H groups in total. The smallest absolute Gasteiger partial charge is 0.147 e. The van der Waals surface area contributed by atoms with E-state index in [2.05, 4.69) is 0 Å². The van der Waals surface area contributed by atoms with Crippen molar-refractivity contribution in [2.45, 2.75) is 4.87 Å². The highest BCUT2D eigenvalue weighted by atomic mass is 35.5. The van der Waals surface area contributed by atoms with Crippen molar-refractivity contribution in [3.05, 3.63) is 109 Å². The van der Waals surface area contributed by atoms with E-state index in [1.165, 1.54) is 11.3 Å². The fourth-order valence-electron chi connectivity index (χ4n) is 3.04. The molecule has 3 aromatic carbocycles. The van der Waals surface area contributed by atoms with Crippen LogP contribution in [0.5, 0.6) is 0 Å². The summed E-state index contributed by atoms with van der Waals surface area (Å²) in [5.74, 6) is 0. The average molecular weight is 465 g/mol. The number of alkyl halides is 1. The lowest BCUT2D eigenvalue weighted by atomic mass is 9.90. The molecule has 0 saturated heterocycles. The number of hydrogen-bond donors (Lipinski definition) is 0. The summed E-state index contributed by atoms with van der Waals surface area (Å²) < 4.78 is 0.576. The van der Waals surface area contributed by atoms with Crippen molar-refractivity contribution in [1.82, 2.24) is 4.98 Å². The Kier molecular flexibility index (Phi) is 5.69. The molecule has 0 bridgehead atoms. The zero-order valence-corrected chi connectivity index (χ0v) is 18.2. The molecule has 4 rings (SSSR count).